The first-order valence-electron chi connectivity index (χ1n) is 4.12. The molecule has 0 aromatic carbocycles. The predicted molar refractivity (Wildman–Crippen MR) is 49.4 cm³/mol. The average Bonchev–Trinajstić information content (AvgIpc) is 2.84. The third kappa shape index (κ3) is 0.932. The van der Waals surface area contributed by atoms with Gasteiger partial charge in [-0.2, -0.15) is 0 Å². The van der Waals surface area contributed by atoms with Gasteiger partial charge in [-0.1, -0.05) is 0 Å². The molecule has 0 bridgehead atoms. The molecule has 3 rings (SSSR count). The molecule has 0 aliphatic heterocycles. The van der Waals surface area contributed by atoms with Gasteiger partial charge in [-0.25, -0.2) is 4.98 Å². The minimum Gasteiger partial charge on any atom is -0.259 e. The van der Waals surface area contributed by atoms with E-state index in [-0.39, 0.29) is 0 Å². The van der Waals surface area contributed by atoms with Crippen LogP contribution in [0.25, 0.3) is 10.2 Å². The average molecular weight is 176 g/mol. The highest BCUT2D eigenvalue weighted by molar-refractivity contribution is 7.16. The minimum absolute atomic E-state index is 0.747. The normalized spacial score (nSPS) is 17.0. The molecule has 2 aromatic rings. The number of thiazole rings is 1. The van der Waals surface area contributed by atoms with Crippen LogP contribution in [-0.2, 0) is 0 Å². The van der Waals surface area contributed by atoms with Crippen molar-refractivity contribution in [3.8, 4) is 0 Å². The topological polar surface area (TPSA) is 25.8 Å². The van der Waals surface area contributed by atoms with E-state index in [9.17, 15) is 0 Å². The van der Waals surface area contributed by atoms with Crippen LogP contribution < -0.4 is 0 Å². The molecule has 0 amide bonds. The molecule has 0 saturated heterocycles. The molecule has 12 heavy (non-hydrogen) atoms. The Hall–Kier alpha value is -0.960. The number of hydrogen-bond acceptors (Lipinski definition) is 3. The highest BCUT2D eigenvalue weighted by Crippen LogP contribution is 2.39. The molecule has 1 fully saturated rings. The van der Waals surface area contributed by atoms with Crippen molar-refractivity contribution in [2.45, 2.75) is 18.8 Å². The van der Waals surface area contributed by atoms with Crippen molar-refractivity contribution in [1.29, 1.82) is 0 Å². The van der Waals surface area contributed by atoms with Gasteiger partial charge in [-0.05, 0) is 18.9 Å². The molecule has 1 aliphatic rings. The van der Waals surface area contributed by atoms with Crippen molar-refractivity contribution < 1.29 is 0 Å². The molecule has 3 heteroatoms. The Morgan fingerprint density at radius 1 is 1.33 bits per heavy atom. The van der Waals surface area contributed by atoms with Crippen LogP contribution >= 0.6 is 11.3 Å². The Bertz CT molecular complexity index is 417. The highest BCUT2D eigenvalue weighted by Gasteiger charge is 2.24. The summed E-state index contributed by atoms with van der Waals surface area (Å²) < 4.78 is 1.27. The van der Waals surface area contributed by atoms with E-state index in [0.717, 1.165) is 11.4 Å². The van der Waals surface area contributed by atoms with Gasteiger partial charge in [-0.15, -0.1) is 11.3 Å². The lowest BCUT2D eigenvalue weighted by molar-refractivity contribution is 1.03. The van der Waals surface area contributed by atoms with Crippen LogP contribution in [0, 0.1) is 0 Å². The van der Waals surface area contributed by atoms with E-state index in [1.807, 2.05) is 11.7 Å². The SMILES string of the molecule is c1nc2cnc(C3CC3)cc2s1. The van der Waals surface area contributed by atoms with Crippen molar-refractivity contribution in [2.24, 2.45) is 0 Å². The van der Waals surface area contributed by atoms with E-state index in [0.29, 0.717) is 0 Å². The van der Waals surface area contributed by atoms with E-state index < -0.39 is 0 Å². The molecule has 2 heterocycles. The zero-order valence-electron chi connectivity index (χ0n) is 6.53. The number of nitrogens with zero attached hydrogens (tertiary/aromatic N) is 2. The summed E-state index contributed by atoms with van der Waals surface area (Å²) in [6.45, 7) is 0. The largest absolute Gasteiger partial charge is 0.259 e. The number of hydrogen-bond donors (Lipinski definition) is 0. The second-order valence-electron chi connectivity index (χ2n) is 3.20. The monoisotopic (exact) mass is 176 g/mol. The quantitative estimate of drug-likeness (QED) is 0.667. The molecule has 0 radical (unpaired) electrons. The summed E-state index contributed by atoms with van der Waals surface area (Å²) in [4.78, 5) is 8.58. The predicted octanol–water partition coefficient (Wildman–Crippen LogP) is 2.57. The van der Waals surface area contributed by atoms with Gasteiger partial charge in [0.1, 0.15) is 0 Å². The summed E-state index contributed by atoms with van der Waals surface area (Å²) in [5, 5.41) is 0. The van der Waals surface area contributed by atoms with E-state index in [1.54, 1.807) is 11.3 Å². The van der Waals surface area contributed by atoms with Crippen LogP contribution in [0.1, 0.15) is 24.5 Å². The van der Waals surface area contributed by atoms with Crippen molar-refractivity contribution in [3.05, 3.63) is 23.5 Å². The molecule has 0 spiro atoms. The van der Waals surface area contributed by atoms with Crippen LogP contribution in [0.3, 0.4) is 0 Å². The number of rotatable bonds is 1. The van der Waals surface area contributed by atoms with Gasteiger partial charge in [0.25, 0.3) is 0 Å². The lowest BCUT2D eigenvalue weighted by atomic mass is 10.2. The molecule has 1 saturated carbocycles. The molecule has 0 atom stereocenters. The van der Waals surface area contributed by atoms with E-state index >= 15 is 0 Å². The maximum Gasteiger partial charge on any atom is 0.0995 e. The second kappa shape index (κ2) is 2.26. The van der Waals surface area contributed by atoms with E-state index in [4.69, 9.17) is 0 Å². The zero-order chi connectivity index (χ0) is 7.97. The van der Waals surface area contributed by atoms with Gasteiger partial charge in [-0.3, -0.25) is 4.98 Å². The van der Waals surface area contributed by atoms with Gasteiger partial charge in [0.2, 0.25) is 0 Å². The Balaban J connectivity index is 2.21. The molecule has 0 unspecified atom stereocenters. The summed E-state index contributed by atoms with van der Waals surface area (Å²) in [5.41, 5.74) is 4.17. The van der Waals surface area contributed by atoms with Crippen molar-refractivity contribution in [2.75, 3.05) is 0 Å². The molecule has 60 valence electrons. The first-order chi connectivity index (χ1) is 5.93. The maximum absolute atomic E-state index is 4.39. The Kier molecular flexibility index (Phi) is 1.23. The van der Waals surface area contributed by atoms with Crippen molar-refractivity contribution >= 4 is 21.6 Å². The molecular formula is C9H8N2S. The van der Waals surface area contributed by atoms with Crippen molar-refractivity contribution in [1.82, 2.24) is 9.97 Å². The Morgan fingerprint density at radius 2 is 2.25 bits per heavy atom. The third-order valence-corrected chi connectivity index (χ3v) is 3.03. The summed E-state index contributed by atoms with van der Waals surface area (Å²) in [5.74, 6) is 0.747. The van der Waals surface area contributed by atoms with Crippen LogP contribution in [0.4, 0.5) is 0 Å². The molecule has 1 aliphatic carbocycles. The van der Waals surface area contributed by atoms with Gasteiger partial charge >= 0.3 is 0 Å². The zero-order valence-corrected chi connectivity index (χ0v) is 7.34. The van der Waals surface area contributed by atoms with Crippen LogP contribution in [-0.4, -0.2) is 9.97 Å². The molecule has 2 aromatic heterocycles. The van der Waals surface area contributed by atoms with E-state index in [1.165, 1.54) is 23.2 Å². The number of fused-ring (bicyclic) bond motifs is 1. The summed E-state index contributed by atoms with van der Waals surface area (Å²) in [6.07, 6.45) is 4.52. The fourth-order valence-electron chi connectivity index (χ4n) is 1.38. The van der Waals surface area contributed by atoms with Crippen LogP contribution in [0.15, 0.2) is 17.8 Å². The van der Waals surface area contributed by atoms with Crippen molar-refractivity contribution in [3.63, 3.8) is 0 Å². The Labute approximate surface area is 74.3 Å². The molecule has 2 nitrogen and oxygen atoms in total. The fraction of sp³-hybridized carbons (Fsp3) is 0.333. The third-order valence-electron chi connectivity index (χ3n) is 2.23. The van der Waals surface area contributed by atoms with Gasteiger partial charge in [0.15, 0.2) is 0 Å². The lowest BCUT2D eigenvalue weighted by Gasteiger charge is -1.94. The Morgan fingerprint density at radius 3 is 3.08 bits per heavy atom. The maximum atomic E-state index is 4.39. The number of pyridine rings is 1. The summed E-state index contributed by atoms with van der Waals surface area (Å²) in [7, 11) is 0. The lowest BCUT2D eigenvalue weighted by Crippen LogP contribution is -1.83. The van der Waals surface area contributed by atoms with Gasteiger partial charge in [0.05, 0.1) is 21.9 Å². The van der Waals surface area contributed by atoms with Gasteiger partial charge in [0, 0.05) is 11.6 Å². The molecular weight excluding hydrogens is 168 g/mol. The highest BCUT2D eigenvalue weighted by atomic mass is 32.1. The first kappa shape index (κ1) is 6.54. The standard InChI is InChI=1S/C9H8N2S/c1-2-6(1)7-3-9-8(4-10-7)11-5-12-9/h3-6H,1-2H2. The summed E-state index contributed by atoms with van der Waals surface area (Å²) >= 11 is 1.70. The first-order valence-corrected chi connectivity index (χ1v) is 5.00. The minimum atomic E-state index is 0.747. The fourth-order valence-corrected chi connectivity index (χ4v) is 2.07. The second-order valence-corrected chi connectivity index (χ2v) is 4.09. The van der Waals surface area contributed by atoms with E-state index in [2.05, 4.69) is 16.0 Å². The number of aromatic nitrogens is 2. The van der Waals surface area contributed by atoms with Gasteiger partial charge < -0.3 is 0 Å². The van der Waals surface area contributed by atoms with Crippen LogP contribution in [0.2, 0.25) is 0 Å². The smallest absolute Gasteiger partial charge is 0.0995 e. The summed E-state index contributed by atoms with van der Waals surface area (Å²) in [6, 6.07) is 2.19. The van der Waals surface area contributed by atoms with Crippen LogP contribution in [0.5, 0.6) is 0 Å². The molecule has 0 N–H and O–H groups in total.